The molecule has 0 N–H and O–H groups in total. The smallest absolute Gasteiger partial charge is 0.361 e. The molecule has 0 bridgehead atoms. The van der Waals surface area contributed by atoms with E-state index in [0.29, 0.717) is 36.4 Å². The van der Waals surface area contributed by atoms with E-state index < -0.39 is 17.6 Å². The molecule has 0 radical (unpaired) electrons. The first-order valence-corrected chi connectivity index (χ1v) is 12.4. The van der Waals surface area contributed by atoms with Gasteiger partial charge in [-0.3, -0.25) is 14.5 Å². The van der Waals surface area contributed by atoms with E-state index in [4.69, 9.17) is 6.57 Å². The highest BCUT2D eigenvalue weighted by Gasteiger charge is 2.39. The van der Waals surface area contributed by atoms with Crippen molar-refractivity contribution in [2.24, 2.45) is 7.05 Å². The minimum absolute atomic E-state index is 0.0135. The van der Waals surface area contributed by atoms with Crippen LogP contribution in [-0.2, 0) is 13.2 Å². The third-order valence-electron chi connectivity index (χ3n) is 7.24. The summed E-state index contributed by atoms with van der Waals surface area (Å²) in [4.78, 5) is 33.2. The molecule has 4 rings (SSSR count). The minimum Gasteiger partial charge on any atom is -0.361 e. The van der Waals surface area contributed by atoms with Crippen molar-refractivity contribution in [2.75, 3.05) is 18.0 Å². The molecule has 4 heterocycles. The van der Waals surface area contributed by atoms with E-state index in [2.05, 4.69) is 43.4 Å². The highest BCUT2D eigenvalue weighted by atomic mass is 19.4. The van der Waals surface area contributed by atoms with Crippen LogP contribution in [0, 0.1) is 6.57 Å². The zero-order chi connectivity index (χ0) is 26.9. The first-order valence-electron chi connectivity index (χ1n) is 12.4. The number of halogens is 3. The fourth-order valence-electron chi connectivity index (χ4n) is 5.22. The van der Waals surface area contributed by atoms with Crippen LogP contribution in [0.1, 0.15) is 57.3 Å². The molecule has 0 aliphatic carbocycles. The van der Waals surface area contributed by atoms with E-state index in [9.17, 15) is 18.0 Å². The van der Waals surface area contributed by atoms with Gasteiger partial charge in [-0.25, -0.2) is 4.79 Å². The van der Waals surface area contributed by atoms with Crippen molar-refractivity contribution in [3.05, 3.63) is 63.6 Å². The van der Waals surface area contributed by atoms with Crippen molar-refractivity contribution in [3.63, 3.8) is 0 Å². The van der Waals surface area contributed by atoms with Crippen LogP contribution in [0.5, 0.6) is 0 Å². The SMILES string of the molecule is [C-]#[N+]c1ccc2c(n1)c(N1C[C@@H](CC)N(C(CC)c3ccc(C(F)(F)F)nc3)C[C@@H]1CC)nc(=O)n2C. The third kappa shape index (κ3) is 5.03. The van der Waals surface area contributed by atoms with Gasteiger partial charge in [-0.15, -0.1) is 4.98 Å². The second-order valence-corrected chi connectivity index (χ2v) is 9.30. The largest absolute Gasteiger partial charge is 0.433 e. The van der Waals surface area contributed by atoms with E-state index in [-0.39, 0.29) is 23.9 Å². The summed E-state index contributed by atoms with van der Waals surface area (Å²) >= 11 is 0. The van der Waals surface area contributed by atoms with Crippen LogP contribution in [0.15, 0.2) is 35.3 Å². The molecule has 1 aliphatic heterocycles. The van der Waals surface area contributed by atoms with Gasteiger partial charge >= 0.3 is 11.9 Å². The Hall–Kier alpha value is -3.52. The molecule has 3 aromatic rings. The predicted molar refractivity (Wildman–Crippen MR) is 136 cm³/mol. The summed E-state index contributed by atoms with van der Waals surface area (Å²) < 4.78 is 40.6. The molecule has 196 valence electrons. The quantitative estimate of drug-likeness (QED) is 0.426. The zero-order valence-corrected chi connectivity index (χ0v) is 21.3. The van der Waals surface area contributed by atoms with Crippen molar-refractivity contribution < 1.29 is 13.2 Å². The summed E-state index contributed by atoms with van der Waals surface area (Å²) in [7, 11) is 1.63. The van der Waals surface area contributed by atoms with Gasteiger partial charge in [0.1, 0.15) is 5.69 Å². The maximum Gasteiger partial charge on any atom is 0.433 e. The molecule has 0 aromatic carbocycles. The lowest BCUT2D eigenvalue weighted by molar-refractivity contribution is -0.141. The molecule has 0 amide bonds. The zero-order valence-electron chi connectivity index (χ0n) is 21.3. The lowest BCUT2D eigenvalue weighted by Crippen LogP contribution is -2.59. The number of piperazine rings is 1. The van der Waals surface area contributed by atoms with Gasteiger partial charge in [-0.2, -0.15) is 18.2 Å². The first-order chi connectivity index (χ1) is 17.6. The molecule has 3 aromatic heterocycles. The van der Waals surface area contributed by atoms with Crippen molar-refractivity contribution in [1.29, 1.82) is 0 Å². The summed E-state index contributed by atoms with van der Waals surface area (Å²) in [5.41, 5.74) is 0.570. The number of aromatic nitrogens is 4. The predicted octanol–water partition coefficient (Wildman–Crippen LogP) is 5.12. The summed E-state index contributed by atoms with van der Waals surface area (Å²) in [6.45, 7) is 14.7. The van der Waals surface area contributed by atoms with Gasteiger partial charge in [-0.1, -0.05) is 33.4 Å². The van der Waals surface area contributed by atoms with Gasteiger partial charge in [0.25, 0.3) is 5.82 Å². The molecular formula is C26H30F3N7O. The molecule has 3 atom stereocenters. The Morgan fingerprint density at radius 3 is 2.38 bits per heavy atom. The number of alkyl halides is 3. The lowest BCUT2D eigenvalue weighted by atomic mass is 9.95. The minimum atomic E-state index is -4.48. The van der Waals surface area contributed by atoms with Gasteiger partial charge in [0, 0.05) is 44.5 Å². The molecule has 8 nitrogen and oxygen atoms in total. The Balaban J connectivity index is 1.73. The van der Waals surface area contributed by atoms with Crippen LogP contribution in [0.4, 0.5) is 24.8 Å². The van der Waals surface area contributed by atoms with Gasteiger partial charge in [-0.05, 0) is 43.0 Å². The Morgan fingerprint density at radius 2 is 1.81 bits per heavy atom. The van der Waals surface area contributed by atoms with E-state index >= 15 is 0 Å². The summed E-state index contributed by atoms with van der Waals surface area (Å²) in [6.07, 6.45) is -0.878. The monoisotopic (exact) mass is 513 g/mol. The standard InChI is InChI=1S/C26H30F3N7O/c1-6-17-15-36(24-23-20(34(5)25(37)33-24)10-12-22(30-4)32-23)18(7-2)14-35(17)19(8-3)16-9-11-21(31-13-16)26(27,28)29/h9-13,17-19H,6-8,14-15H2,1-3,5H3/t17-,18+,19?/m1/s1. The Kier molecular flexibility index (Phi) is 7.50. The van der Waals surface area contributed by atoms with E-state index in [1.165, 1.54) is 16.8 Å². The summed E-state index contributed by atoms with van der Waals surface area (Å²) in [6, 6.07) is 5.82. The van der Waals surface area contributed by atoms with Gasteiger partial charge < -0.3 is 9.74 Å². The molecule has 1 saturated heterocycles. The summed E-state index contributed by atoms with van der Waals surface area (Å²) in [5.74, 6) is 0.701. The number of aryl methyl sites for hydroxylation is 1. The average Bonchev–Trinajstić information content (AvgIpc) is 2.90. The first kappa shape index (κ1) is 26.5. The second kappa shape index (κ2) is 10.5. The maximum atomic E-state index is 13.1. The van der Waals surface area contributed by atoms with Crippen molar-refractivity contribution >= 4 is 22.7 Å². The van der Waals surface area contributed by atoms with Crippen LogP contribution in [0.25, 0.3) is 15.9 Å². The number of nitrogens with zero attached hydrogens (tertiary/aromatic N) is 7. The Labute approximate surface area is 213 Å². The molecule has 11 heteroatoms. The fraction of sp³-hybridized carbons (Fsp3) is 0.500. The third-order valence-corrected chi connectivity index (χ3v) is 7.24. The van der Waals surface area contributed by atoms with E-state index in [1.807, 2.05) is 6.92 Å². The van der Waals surface area contributed by atoms with Crippen LogP contribution >= 0.6 is 0 Å². The van der Waals surface area contributed by atoms with Crippen molar-refractivity contribution in [2.45, 2.75) is 64.3 Å². The molecule has 0 spiro atoms. The number of hydrogen-bond donors (Lipinski definition) is 0. The highest BCUT2D eigenvalue weighted by molar-refractivity contribution is 5.87. The normalized spacial score (nSPS) is 19.7. The van der Waals surface area contributed by atoms with E-state index in [0.717, 1.165) is 24.5 Å². The number of anilines is 1. The van der Waals surface area contributed by atoms with Gasteiger partial charge in [0.05, 0.1) is 5.52 Å². The van der Waals surface area contributed by atoms with Gasteiger partial charge in [0.2, 0.25) is 5.52 Å². The van der Waals surface area contributed by atoms with E-state index in [1.54, 1.807) is 19.2 Å². The average molecular weight is 514 g/mol. The molecule has 1 aliphatic rings. The van der Waals surface area contributed by atoms with Crippen LogP contribution in [0.2, 0.25) is 0 Å². The van der Waals surface area contributed by atoms with Gasteiger partial charge in [0.15, 0.2) is 5.82 Å². The molecular weight excluding hydrogens is 483 g/mol. The lowest BCUT2D eigenvalue weighted by Gasteiger charge is -2.49. The molecule has 0 saturated carbocycles. The highest BCUT2D eigenvalue weighted by Crippen LogP contribution is 2.36. The van der Waals surface area contributed by atoms with Crippen LogP contribution in [-0.4, -0.2) is 49.6 Å². The number of pyridine rings is 2. The molecule has 1 unspecified atom stereocenters. The molecule has 1 fully saturated rings. The number of fused-ring (bicyclic) bond motifs is 1. The Bertz CT molecular complexity index is 1360. The molecule has 37 heavy (non-hydrogen) atoms. The topological polar surface area (TPSA) is 71.5 Å². The second-order valence-electron chi connectivity index (χ2n) is 9.30. The van der Waals surface area contributed by atoms with Crippen molar-refractivity contribution in [1.82, 2.24) is 24.4 Å². The van der Waals surface area contributed by atoms with Crippen molar-refractivity contribution in [3.8, 4) is 0 Å². The van der Waals surface area contributed by atoms with Crippen LogP contribution in [0.3, 0.4) is 0 Å². The Morgan fingerprint density at radius 1 is 1.08 bits per heavy atom. The summed E-state index contributed by atoms with van der Waals surface area (Å²) in [5, 5.41) is 0. The number of rotatable bonds is 6. The fourth-order valence-corrected chi connectivity index (χ4v) is 5.22. The van der Waals surface area contributed by atoms with Crippen LogP contribution < -0.4 is 10.6 Å². The maximum absolute atomic E-state index is 13.1. The number of hydrogen-bond acceptors (Lipinski definition) is 6.